The Morgan fingerprint density at radius 2 is 1.44 bits per heavy atom. The number of hydrogen-bond donors (Lipinski definition) is 1. The largest absolute Gasteiger partial charge is 0.497 e. The van der Waals surface area contributed by atoms with Crippen molar-refractivity contribution in [1.82, 2.24) is 4.57 Å². The molecule has 0 saturated carbocycles. The van der Waals surface area contributed by atoms with Crippen molar-refractivity contribution in [2.75, 3.05) is 33.5 Å². The Kier molecular flexibility index (Phi) is 15.4. The van der Waals surface area contributed by atoms with E-state index in [9.17, 15) is 9.59 Å². The standard InChI is InChI=1S/C29H37NO5.C5H10O3/c1-6-33-28(29(31)34-7-2)20-22-8-12-25(13-9-22)35-19-18-30-26(21(3)4)16-17-27(30)23-10-14-24(32-5)15-11-23;1-3-8-4(2)5(6)7/h8-17,21,28H,6-7,18-20H2,1-5H3;4H,3H2,1-2H3,(H,6,7). The van der Waals surface area contributed by atoms with E-state index in [-0.39, 0.29) is 5.97 Å². The molecular formula is C34H47NO8. The Bertz CT molecular complexity index is 1230. The number of carboxylic acid groups (broad SMARTS) is 1. The molecule has 0 fully saturated rings. The Morgan fingerprint density at radius 1 is 0.814 bits per heavy atom. The van der Waals surface area contributed by atoms with Gasteiger partial charge in [-0.1, -0.05) is 26.0 Å². The quantitative estimate of drug-likeness (QED) is 0.190. The van der Waals surface area contributed by atoms with Crippen LogP contribution >= 0.6 is 0 Å². The number of rotatable bonds is 16. The van der Waals surface area contributed by atoms with Gasteiger partial charge in [0.1, 0.15) is 18.1 Å². The predicted octanol–water partition coefficient (Wildman–Crippen LogP) is 6.37. The second-order valence-electron chi connectivity index (χ2n) is 10.0. The van der Waals surface area contributed by atoms with Crippen LogP contribution in [0.5, 0.6) is 11.5 Å². The molecule has 1 N–H and O–H groups in total. The van der Waals surface area contributed by atoms with E-state index in [0.29, 0.717) is 38.8 Å². The van der Waals surface area contributed by atoms with Crippen LogP contribution in [0.4, 0.5) is 0 Å². The number of methoxy groups -OCH3 is 1. The van der Waals surface area contributed by atoms with E-state index in [2.05, 4.69) is 42.7 Å². The lowest BCUT2D eigenvalue weighted by atomic mass is 10.1. The van der Waals surface area contributed by atoms with Gasteiger partial charge in [0.25, 0.3) is 0 Å². The Morgan fingerprint density at radius 3 is 1.95 bits per heavy atom. The molecule has 0 saturated heterocycles. The molecule has 0 spiro atoms. The van der Waals surface area contributed by atoms with E-state index in [1.807, 2.05) is 43.3 Å². The van der Waals surface area contributed by atoms with Crippen LogP contribution in [-0.2, 0) is 36.8 Å². The van der Waals surface area contributed by atoms with Crippen molar-refractivity contribution < 1.29 is 38.4 Å². The summed E-state index contributed by atoms with van der Waals surface area (Å²) in [6, 6.07) is 20.3. The van der Waals surface area contributed by atoms with Crippen LogP contribution in [0.3, 0.4) is 0 Å². The lowest BCUT2D eigenvalue weighted by molar-refractivity contribution is -0.156. The average molecular weight is 598 g/mol. The van der Waals surface area contributed by atoms with Gasteiger partial charge >= 0.3 is 11.9 Å². The number of nitrogens with zero attached hydrogens (tertiary/aromatic N) is 1. The predicted molar refractivity (Wildman–Crippen MR) is 167 cm³/mol. The molecule has 2 unspecified atom stereocenters. The summed E-state index contributed by atoms with van der Waals surface area (Å²) in [5.74, 6) is 0.806. The number of aliphatic carboxylic acids is 1. The number of carbonyl (C=O) groups is 2. The van der Waals surface area contributed by atoms with Gasteiger partial charge in [-0.3, -0.25) is 0 Å². The average Bonchev–Trinajstić information content (AvgIpc) is 3.42. The molecule has 0 amide bonds. The number of aromatic nitrogens is 1. The van der Waals surface area contributed by atoms with E-state index < -0.39 is 18.2 Å². The van der Waals surface area contributed by atoms with Crippen LogP contribution in [0.2, 0.25) is 0 Å². The second kappa shape index (κ2) is 18.7. The Labute approximate surface area is 255 Å². The highest BCUT2D eigenvalue weighted by atomic mass is 16.6. The molecular weight excluding hydrogens is 550 g/mol. The molecule has 43 heavy (non-hydrogen) atoms. The molecule has 2 atom stereocenters. The van der Waals surface area contributed by atoms with E-state index in [4.69, 9.17) is 28.8 Å². The first-order valence-corrected chi connectivity index (χ1v) is 14.8. The lowest BCUT2D eigenvalue weighted by Gasteiger charge is -2.17. The SMILES string of the molecule is CCOC(=O)C(Cc1ccc(OCCn2c(-c3ccc(OC)cc3)ccc2C(C)C)cc1)OCC.CCOC(C)C(=O)O. The highest BCUT2D eigenvalue weighted by Crippen LogP contribution is 2.28. The molecule has 236 valence electrons. The highest BCUT2D eigenvalue weighted by molar-refractivity contribution is 5.75. The van der Waals surface area contributed by atoms with Gasteiger partial charge in [-0.05, 0) is 93.3 Å². The molecule has 1 aromatic heterocycles. The van der Waals surface area contributed by atoms with Crippen LogP contribution in [-0.4, -0.2) is 67.4 Å². The maximum absolute atomic E-state index is 12.1. The van der Waals surface area contributed by atoms with Crippen LogP contribution in [0.15, 0.2) is 60.7 Å². The maximum atomic E-state index is 12.1. The summed E-state index contributed by atoms with van der Waals surface area (Å²) in [7, 11) is 1.68. The maximum Gasteiger partial charge on any atom is 0.335 e. The molecule has 0 aliphatic heterocycles. The van der Waals surface area contributed by atoms with Gasteiger partial charge < -0.3 is 33.4 Å². The summed E-state index contributed by atoms with van der Waals surface area (Å²) in [4.78, 5) is 22.1. The van der Waals surface area contributed by atoms with Crippen molar-refractivity contribution in [2.24, 2.45) is 0 Å². The van der Waals surface area contributed by atoms with Gasteiger partial charge in [-0.15, -0.1) is 0 Å². The summed E-state index contributed by atoms with van der Waals surface area (Å²) in [6.07, 6.45) is -0.787. The zero-order valence-corrected chi connectivity index (χ0v) is 26.5. The van der Waals surface area contributed by atoms with Gasteiger partial charge in [0.2, 0.25) is 0 Å². The van der Waals surface area contributed by atoms with Gasteiger partial charge in [0.05, 0.1) is 20.3 Å². The zero-order chi connectivity index (χ0) is 31.8. The third kappa shape index (κ3) is 11.4. The second-order valence-corrected chi connectivity index (χ2v) is 10.0. The number of carboxylic acids is 1. The van der Waals surface area contributed by atoms with Crippen molar-refractivity contribution in [1.29, 1.82) is 0 Å². The lowest BCUT2D eigenvalue weighted by Crippen LogP contribution is -2.28. The molecule has 0 bridgehead atoms. The molecule has 2 aromatic carbocycles. The van der Waals surface area contributed by atoms with Gasteiger partial charge in [0, 0.05) is 31.0 Å². The summed E-state index contributed by atoms with van der Waals surface area (Å²) in [5.41, 5.74) is 4.58. The summed E-state index contributed by atoms with van der Waals surface area (Å²) >= 11 is 0. The minimum atomic E-state index is -0.910. The van der Waals surface area contributed by atoms with Gasteiger partial charge in [-0.25, -0.2) is 9.59 Å². The van der Waals surface area contributed by atoms with Crippen LogP contribution in [0.25, 0.3) is 11.3 Å². The van der Waals surface area contributed by atoms with Crippen LogP contribution in [0, 0.1) is 0 Å². The minimum absolute atomic E-state index is 0.324. The monoisotopic (exact) mass is 597 g/mol. The minimum Gasteiger partial charge on any atom is -0.497 e. The van der Waals surface area contributed by atoms with Crippen molar-refractivity contribution >= 4 is 11.9 Å². The summed E-state index contributed by atoms with van der Waals surface area (Å²) in [6.45, 7) is 13.9. The summed E-state index contributed by atoms with van der Waals surface area (Å²) < 4.78 is 29.1. The van der Waals surface area contributed by atoms with Crippen molar-refractivity contribution in [3.8, 4) is 22.8 Å². The fourth-order valence-electron chi connectivity index (χ4n) is 4.41. The van der Waals surface area contributed by atoms with E-state index in [1.165, 1.54) is 12.6 Å². The highest BCUT2D eigenvalue weighted by Gasteiger charge is 2.20. The molecule has 0 aliphatic carbocycles. The third-order valence-electron chi connectivity index (χ3n) is 6.60. The van der Waals surface area contributed by atoms with E-state index >= 15 is 0 Å². The van der Waals surface area contributed by atoms with E-state index in [1.54, 1.807) is 21.0 Å². The number of benzene rings is 2. The normalized spacial score (nSPS) is 12.2. The van der Waals surface area contributed by atoms with Crippen LogP contribution < -0.4 is 9.47 Å². The fraction of sp³-hybridized carbons (Fsp3) is 0.471. The zero-order valence-electron chi connectivity index (χ0n) is 26.5. The number of esters is 1. The Balaban J connectivity index is 0.000000708. The molecule has 0 aliphatic rings. The first-order valence-electron chi connectivity index (χ1n) is 14.8. The molecule has 9 nitrogen and oxygen atoms in total. The molecule has 1 heterocycles. The number of hydrogen-bond acceptors (Lipinski definition) is 7. The first-order chi connectivity index (χ1) is 20.6. The van der Waals surface area contributed by atoms with Crippen molar-refractivity contribution in [3.05, 3.63) is 71.9 Å². The van der Waals surface area contributed by atoms with Crippen molar-refractivity contribution in [3.63, 3.8) is 0 Å². The van der Waals surface area contributed by atoms with Crippen LogP contribution in [0.1, 0.15) is 58.7 Å². The smallest absolute Gasteiger partial charge is 0.335 e. The molecule has 3 rings (SSSR count). The first kappa shape index (κ1) is 35.4. The Hall–Kier alpha value is -3.82. The van der Waals surface area contributed by atoms with E-state index in [0.717, 1.165) is 34.9 Å². The fourth-order valence-corrected chi connectivity index (χ4v) is 4.41. The third-order valence-corrected chi connectivity index (χ3v) is 6.60. The molecule has 0 radical (unpaired) electrons. The molecule has 3 aromatic rings. The summed E-state index contributed by atoms with van der Waals surface area (Å²) in [5, 5.41) is 8.19. The number of carbonyl (C=O) groups excluding carboxylic acids is 1. The molecule has 9 heteroatoms. The van der Waals surface area contributed by atoms with Gasteiger partial charge in [-0.2, -0.15) is 0 Å². The topological polar surface area (TPSA) is 105 Å². The van der Waals surface area contributed by atoms with Gasteiger partial charge in [0.15, 0.2) is 12.2 Å². The van der Waals surface area contributed by atoms with Crippen molar-refractivity contribution in [2.45, 2.75) is 72.6 Å². The number of ether oxygens (including phenoxy) is 5.